The number of ether oxygens (including phenoxy) is 1. The summed E-state index contributed by atoms with van der Waals surface area (Å²) in [5.74, 6) is -0.299. The smallest absolute Gasteiger partial charge is 0.256 e. The van der Waals surface area contributed by atoms with Crippen LogP contribution in [0.5, 0.6) is 5.75 Å². The molecule has 0 aromatic heterocycles. The summed E-state index contributed by atoms with van der Waals surface area (Å²) >= 11 is 0. The lowest BCUT2D eigenvalue weighted by molar-refractivity contribution is -0.142. The quantitative estimate of drug-likeness (QED) is 0.428. The third kappa shape index (κ3) is 5.80. The van der Waals surface area contributed by atoms with Gasteiger partial charge in [-0.15, -0.1) is 0 Å². The van der Waals surface area contributed by atoms with E-state index in [0.717, 1.165) is 11.3 Å². The zero-order valence-corrected chi connectivity index (χ0v) is 22.1. The SMILES string of the molecule is CN1N=C2CCN(C(=O)[C@@H](CCOc3cccc(N)c3)NC(=O)C(C)(C)N)C[C@@]2(Cc2ccccc2)C1=O. The average Bonchev–Trinajstić information content (AvgIpc) is 3.12. The largest absolute Gasteiger partial charge is 0.493 e. The second-order valence-corrected chi connectivity index (χ2v) is 10.6. The van der Waals surface area contributed by atoms with Crippen molar-refractivity contribution in [3.05, 3.63) is 60.2 Å². The highest BCUT2D eigenvalue weighted by molar-refractivity contribution is 6.13. The topological polar surface area (TPSA) is 143 Å². The fourth-order valence-corrected chi connectivity index (χ4v) is 4.94. The zero-order valence-electron chi connectivity index (χ0n) is 22.1. The Morgan fingerprint density at radius 2 is 1.92 bits per heavy atom. The molecule has 3 amide bonds. The molecule has 1 saturated heterocycles. The van der Waals surface area contributed by atoms with Crippen molar-refractivity contribution in [3.63, 3.8) is 0 Å². The van der Waals surface area contributed by atoms with Gasteiger partial charge >= 0.3 is 0 Å². The van der Waals surface area contributed by atoms with Gasteiger partial charge < -0.3 is 26.4 Å². The fourth-order valence-electron chi connectivity index (χ4n) is 4.94. The standard InChI is InChI=1S/C28H36N6O4/c1-27(2,30)25(36)31-22(13-15-38-21-11-7-10-20(29)16-21)24(35)34-14-12-23-28(18-34,26(37)33(3)32-23)17-19-8-5-4-6-9-19/h4-11,16,22H,12-15,17-18,29-30H2,1-3H3,(H,31,36)/t22-,28-/m1/s1. The minimum absolute atomic E-state index is 0.137. The van der Waals surface area contributed by atoms with Crippen LogP contribution in [0.15, 0.2) is 59.7 Å². The van der Waals surface area contributed by atoms with Crippen LogP contribution in [0, 0.1) is 5.41 Å². The number of likely N-dealkylation sites (tertiary alicyclic amines) is 1. The molecule has 2 atom stereocenters. The molecule has 10 nitrogen and oxygen atoms in total. The number of anilines is 1. The summed E-state index contributed by atoms with van der Waals surface area (Å²) in [6, 6.07) is 15.8. The highest BCUT2D eigenvalue weighted by atomic mass is 16.5. The summed E-state index contributed by atoms with van der Waals surface area (Å²) in [6.45, 7) is 3.90. The molecule has 10 heteroatoms. The molecule has 4 rings (SSSR count). The van der Waals surface area contributed by atoms with Gasteiger partial charge in [-0.25, -0.2) is 5.01 Å². The van der Waals surface area contributed by atoms with Crippen LogP contribution >= 0.6 is 0 Å². The number of nitrogens with one attached hydrogen (secondary N) is 1. The summed E-state index contributed by atoms with van der Waals surface area (Å²) in [7, 11) is 1.65. The molecule has 0 aliphatic carbocycles. The molecule has 2 aromatic rings. The van der Waals surface area contributed by atoms with Crippen molar-refractivity contribution in [1.82, 2.24) is 15.2 Å². The lowest BCUT2D eigenvalue weighted by Gasteiger charge is -2.41. The van der Waals surface area contributed by atoms with Gasteiger partial charge in [0.05, 0.1) is 17.9 Å². The van der Waals surface area contributed by atoms with E-state index in [-0.39, 0.29) is 31.4 Å². The maximum Gasteiger partial charge on any atom is 0.256 e. The third-order valence-electron chi connectivity index (χ3n) is 6.99. The van der Waals surface area contributed by atoms with Crippen molar-refractivity contribution in [1.29, 1.82) is 0 Å². The zero-order chi connectivity index (χ0) is 27.5. The molecule has 5 N–H and O–H groups in total. The first-order chi connectivity index (χ1) is 18.0. The number of amides is 3. The highest BCUT2D eigenvalue weighted by Gasteiger charge is 2.53. The van der Waals surface area contributed by atoms with E-state index in [1.165, 1.54) is 5.01 Å². The van der Waals surface area contributed by atoms with E-state index in [1.54, 1.807) is 50.1 Å². The minimum atomic E-state index is -1.17. The third-order valence-corrected chi connectivity index (χ3v) is 6.99. The van der Waals surface area contributed by atoms with Gasteiger partial charge in [-0.2, -0.15) is 5.10 Å². The van der Waals surface area contributed by atoms with Crippen molar-refractivity contribution < 1.29 is 19.1 Å². The number of benzene rings is 2. The van der Waals surface area contributed by atoms with E-state index < -0.39 is 22.9 Å². The first-order valence-corrected chi connectivity index (χ1v) is 12.8. The Morgan fingerprint density at radius 1 is 1.18 bits per heavy atom. The number of carbonyl (C=O) groups excluding carboxylic acids is 3. The summed E-state index contributed by atoms with van der Waals surface area (Å²) in [5.41, 5.74) is 12.1. The fraction of sp³-hybridized carbons (Fsp3) is 0.429. The molecule has 1 fully saturated rings. The number of hydrazone groups is 1. The van der Waals surface area contributed by atoms with Crippen molar-refractivity contribution in [2.75, 3.05) is 32.5 Å². The van der Waals surface area contributed by atoms with Crippen LogP contribution in [0.3, 0.4) is 0 Å². The van der Waals surface area contributed by atoms with Crippen molar-refractivity contribution in [2.45, 2.75) is 44.7 Å². The number of fused-ring (bicyclic) bond motifs is 1. The van der Waals surface area contributed by atoms with Crippen LogP contribution in [0.1, 0.15) is 32.3 Å². The van der Waals surface area contributed by atoms with Gasteiger partial charge in [0.15, 0.2) is 0 Å². The Kier molecular flexibility index (Phi) is 7.73. The lowest BCUT2D eigenvalue weighted by atomic mass is 9.73. The van der Waals surface area contributed by atoms with E-state index in [2.05, 4.69) is 10.4 Å². The summed E-state index contributed by atoms with van der Waals surface area (Å²) in [5, 5.41) is 8.70. The maximum atomic E-state index is 13.9. The monoisotopic (exact) mass is 520 g/mol. The number of rotatable bonds is 9. The summed E-state index contributed by atoms with van der Waals surface area (Å²) in [6.07, 6.45) is 1.12. The van der Waals surface area contributed by atoms with Gasteiger partial charge in [-0.05, 0) is 38.0 Å². The first kappa shape index (κ1) is 27.1. The van der Waals surface area contributed by atoms with E-state index in [1.807, 2.05) is 30.3 Å². The second-order valence-electron chi connectivity index (χ2n) is 10.6. The van der Waals surface area contributed by atoms with Gasteiger partial charge in [0.2, 0.25) is 11.8 Å². The van der Waals surface area contributed by atoms with Crippen LogP contribution in [-0.2, 0) is 20.8 Å². The van der Waals surface area contributed by atoms with Gasteiger partial charge in [-0.3, -0.25) is 14.4 Å². The van der Waals surface area contributed by atoms with E-state index in [4.69, 9.17) is 16.2 Å². The number of nitrogens with zero attached hydrogens (tertiary/aromatic N) is 3. The number of nitrogens with two attached hydrogens (primary N) is 2. The van der Waals surface area contributed by atoms with Crippen LogP contribution in [0.2, 0.25) is 0 Å². The molecule has 2 aromatic carbocycles. The lowest BCUT2D eigenvalue weighted by Crippen LogP contribution is -2.61. The summed E-state index contributed by atoms with van der Waals surface area (Å²) < 4.78 is 5.81. The van der Waals surface area contributed by atoms with Gasteiger partial charge in [0.25, 0.3) is 5.91 Å². The van der Waals surface area contributed by atoms with E-state index in [9.17, 15) is 14.4 Å². The van der Waals surface area contributed by atoms with Crippen molar-refractivity contribution in [2.24, 2.45) is 16.3 Å². The number of carbonyl (C=O) groups is 3. The molecule has 202 valence electrons. The van der Waals surface area contributed by atoms with Crippen LogP contribution in [0.25, 0.3) is 0 Å². The van der Waals surface area contributed by atoms with Gasteiger partial charge in [-0.1, -0.05) is 36.4 Å². The molecular weight excluding hydrogens is 484 g/mol. The van der Waals surface area contributed by atoms with Crippen LogP contribution < -0.4 is 21.5 Å². The van der Waals surface area contributed by atoms with E-state index in [0.29, 0.717) is 30.8 Å². The predicted octanol–water partition coefficient (Wildman–Crippen LogP) is 1.55. The normalized spacial score (nSPS) is 20.0. The Balaban J connectivity index is 1.54. The molecule has 2 aliphatic heterocycles. The van der Waals surface area contributed by atoms with Gasteiger partial charge in [0, 0.05) is 44.7 Å². The average molecular weight is 521 g/mol. The Morgan fingerprint density at radius 3 is 2.61 bits per heavy atom. The van der Waals surface area contributed by atoms with Crippen molar-refractivity contribution >= 4 is 29.1 Å². The van der Waals surface area contributed by atoms with Crippen LogP contribution in [0.4, 0.5) is 5.69 Å². The molecule has 2 aliphatic rings. The molecular formula is C28H36N6O4. The minimum Gasteiger partial charge on any atom is -0.493 e. The van der Waals surface area contributed by atoms with E-state index >= 15 is 0 Å². The number of hydrogen-bond acceptors (Lipinski definition) is 7. The highest BCUT2D eigenvalue weighted by Crippen LogP contribution is 2.38. The first-order valence-electron chi connectivity index (χ1n) is 12.8. The molecule has 38 heavy (non-hydrogen) atoms. The molecule has 0 spiro atoms. The van der Waals surface area contributed by atoms with Crippen molar-refractivity contribution in [3.8, 4) is 5.75 Å². The van der Waals surface area contributed by atoms with Gasteiger partial charge in [0.1, 0.15) is 17.2 Å². The number of nitrogen functional groups attached to an aromatic ring is 1. The molecule has 0 unspecified atom stereocenters. The molecule has 2 heterocycles. The Hall–Kier alpha value is -3.92. The van der Waals surface area contributed by atoms with Crippen LogP contribution in [-0.4, -0.2) is 71.7 Å². The second kappa shape index (κ2) is 10.8. The summed E-state index contributed by atoms with van der Waals surface area (Å²) in [4.78, 5) is 41.7. The molecule has 0 saturated carbocycles. The maximum absolute atomic E-state index is 13.9. The predicted molar refractivity (Wildman–Crippen MR) is 145 cm³/mol. The number of hydrogen-bond donors (Lipinski definition) is 3. The molecule has 0 radical (unpaired) electrons. The molecule has 0 bridgehead atoms. The Labute approximate surface area is 223 Å². The number of piperidine rings is 1. The Bertz CT molecular complexity index is 1230.